The maximum Gasteiger partial charge on any atom is 0.270 e. The van der Waals surface area contributed by atoms with Crippen molar-refractivity contribution in [3.05, 3.63) is 106 Å². The number of benzene rings is 3. The second kappa shape index (κ2) is 8.74. The van der Waals surface area contributed by atoms with E-state index in [1.807, 2.05) is 24.3 Å². The van der Waals surface area contributed by atoms with Crippen molar-refractivity contribution in [3.63, 3.8) is 0 Å². The van der Waals surface area contributed by atoms with Crippen LogP contribution in [0.3, 0.4) is 0 Å². The number of carbonyl (C=O) groups excluding carboxylic acids is 1. The molecule has 1 amide bonds. The minimum atomic E-state index is -0.891. The van der Waals surface area contributed by atoms with Gasteiger partial charge in [-0.3, -0.25) is 9.36 Å². The van der Waals surface area contributed by atoms with E-state index in [2.05, 4.69) is 32.9 Å². The SMILES string of the molecule is O=C(NCc1cccc(I)c1)c1cncn1-c1ccc(-c2ccc(F)c(F)c2)cc1. The number of nitrogens with one attached hydrogen (secondary N) is 1. The van der Waals surface area contributed by atoms with Crippen LogP contribution in [0.1, 0.15) is 16.1 Å². The zero-order chi connectivity index (χ0) is 21.1. The van der Waals surface area contributed by atoms with E-state index in [1.165, 1.54) is 12.3 Å². The molecule has 0 bridgehead atoms. The molecule has 0 aliphatic rings. The first-order valence-corrected chi connectivity index (χ1v) is 10.2. The van der Waals surface area contributed by atoms with Crippen molar-refractivity contribution in [3.8, 4) is 16.8 Å². The Hall–Kier alpha value is -3.07. The van der Waals surface area contributed by atoms with Crippen LogP contribution in [0.25, 0.3) is 16.8 Å². The average molecular weight is 515 g/mol. The zero-order valence-corrected chi connectivity index (χ0v) is 17.8. The van der Waals surface area contributed by atoms with E-state index in [4.69, 9.17) is 0 Å². The van der Waals surface area contributed by atoms with Gasteiger partial charge in [0, 0.05) is 15.8 Å². The van der Waals surface area contributed by atoms with Gasteiger partial charge in [-0.25, -0.2) is 13.8 Å². The maximum absolute atomic E-state index is 13.5. The Bertz CT molecular complexity index is 1210. The highest BCUT2D eigenvalue weighted by Gasteiger charge is 2.13. The summed E-state index contributed by atoms with van der Waals surface area (Å²) in [7, 11) is 0. The number of rotatable bonds is 5. The lowest BCUT2D eigenvalue weighted by atomic mass is 10.1. The van der Waals surface area contributed by atoms with Crippen molar-refractivity contribution >= 4 is 28.5 Å². The molecule has 0 aliphatic heterocycles. The van der Waals surface area contributed by atoms with Gasteiger partial charge in [0.05, 0.1) is 12.5 Å². The third-order valence-corrected chi connectivity index (χ3v) is 5.28. The van der Waals surface area contributed by atoms with Crippen molar-refractivity contribution in [2.24, 2.45) is 0 Å². The van der Waals surface area contributed by atoms with Gasteiger partial charge >= 0.3 is 0 Å². The van der Waals surface area contributed by atoms with Gasteiger partial charge in [-0.1, -0.05) is 30.3 Å². The predicted molar refractivity (Wildman–Crippen MR) is 119 cm³/mol. The average Bonchev–Trinajstić information content (AvgIpc) is 3.24. The summed E-state index contributed by atoms with van der Waals surface area (Å²) in [4.78, 5) is 16.8. The monoisotopic (exact) mass is 515 g/mol. The summed E-state index contributed by atoms with van der Waals surface area (Å²) >= 11 is 2.23. The van der Waals surface area contributed by atoms with Crippen molar-refractivity contribution in [1.29, 1.82) is 0 Å². The second-order valence-electron chi connectivity index (χ2n) is 6.64. The summed E-state index contributed by atoms with van der Waals surface area (Å²) in [6, 6.07) is 18.9. The predicted octanol–water partition coefficient (Wildman–Crippen LogP) is 5.35. The van der Waals surface area contributed by atoms with Gasteiger partial charge in [-0.2, -0.15) is 0 Å². The Labute approximate surface area is 185 Å². The molecule has 150 valence electrons. The molecular formula is C23H16F2IN3O. The number of carbonyl (C=O) groups is 1. The van der Waals surface area contributed by atoms with Gasteiger partial charge in [0.15, 0.2) is 11.6 Å². The van der Waals surface area contributed by atoms with E-state index >= 15 is 0 Å². The summed E-state index contributed by atoms with van der Waals surface area (Å²) in [6.07, 6.45) is 3.07. The van der Waals surface area contributed by atoms with Gasteiger partial charge in [0.2, 0.25) is 0 Å². The van der Waals surface area contributed by atoms with E-state index in [-0.39, 0.29) is 5.91 Å². The number of imidazole rings is 1. The zero-order valence-electron chi connectivity index (χ0n) is 15.6. The van der Waals surface area contributed by atoms with Crippen molar-refractivity contribution in [2.75, 3.05) is 0 Å². The van der Waals surface area contributed by atoms with Crippen LogP contribution in [0.15, 0.2) is 79.3 Å². The maximum atomic E-state index is 13.5. The van der Waals surface area contributed by atoms with Gasteiger partial charge in [-0.15, -0.1) is 0 Å². The van der Waals surface area contributed by atoms with Crippen LogP contribution in [0.2, 0.25) is 0 Å². The van der Waals surface area contributed by atoms with Crippen molar-refractivity contribution < 1.29 is 13.6 Å². The summed E-state index contributed by atoms with van der Waals surface area (Å²) in [6.45, 7) is 0.413. The molecule has 1 aromatic heterocycles. The molecule has 4 rings (SSSR count). The normalized spacial score (nSPS) is 10.8. The molecule has 1 N–H and O–H groups in total. The van der Waals surface area contributed by atoms with E-state index in [1.54, 1.807) is 35.2 Å². The largest absolute Gasteiger partial charge is 0.347 e. The van der Waals surface area contributed by atoms with Gasteiger partial charge in [-0.05, 0) is 75.7 Å². The quantitative estimate of drug-likeness (QED) is 0.365. The highest BCUT2D eigenvalue weighted by molar-refractivity contribution is 14.1. The number of nitrogens with zero attached hydrogens (tertiary/aromatic N) is 2. The summed E-state index contributed by atoms with van der Waals surface area (Å²) in [5.41, 5.74) is 3.46. The summed E-state index contributed by atoms with van der Waals surface area (Å²) in [5.74, 6) is -2.01. The molecule has 0 saturated heterocycles. The molecule has 1 heterocycles. The third kappa shape index (κ3) is 4.40. The fraction of sp³-hybridized carbons (Fsp3) is 0.0435. The topological polar surface area (TPSA) is 46.9 Å². The van der Waals surface area contributed by atoms with E-state index in [0.29, 0.717) is 17.8 Å². The lowest BCUT2D eigenvalue weighted by molar-refractivity contribution is 0.0944. The summed E-state index contributed by atoms with van der Waals surface area (Å²) < 4.78 is 29.4. The van der Waals surface area contributed by atoms with Crippen LogP contribution in [0.4, 0.5) is 8.78 Å². The highest BCUT2D eigenvalue weighted by Crippen LogP contribution is 2.23. The van der Waals surface area contributed by atoms with Crippen LogP contribution in [-0.2, 0) is 6.54 Å². The molecule has 0 radical (unpaired) electrons. The Kier molecular flexibility index (Phi) is 5.89. The van der Waals surface area contributed by atoms with Crippen LogP contribution in [-0.4, -0.2) is 15.5 Å². The van der Waals surface area contributed by atoms with Gasteiger partial charge in [0.25, 0.3) is 5.91 Å². The molecule has 4 aromatic rings. The number of halogens is 3. The van der Waals surface area contributed by atoms with Crippen LogP contribution >= 0.6 is 22.6 Å². The fourth-order valence-electron chi connectivity index (χ4n) is 3.08. The molecular weight excluding hydrogens is 499 g/mol. The first-order valence-electron chi connectivity index (χ1n) is 9.12. The van der Waals surface area contributed by atoms with Crippen LogP contribution < -0.4 is 5.32 Å². The van der Waals surface area contributed by atoms with Gasteiger partial charge in [0.1, 0.15) is 5.69 Å². The smallest absolute Gasteiger partial charge is 0.270 e. The number of hydrogen-bond donors (Lipinski definition) is 1. The number of aromatic nitrogens is 2. The molecule has 0 fully saturated rings. The molecule has 0 unspecified atom stereocenters. The molecule has 30 heavy (non-hydrogen) atoms. The Balaban J connectivity index is 1.52. The van der Waals surface area contributed by atoms with Crippen molar-refractivity contribution in [2.45, 2.75) is 6.54 Å². The Morgan fingerprint density at radius 3 is 2.47 bits per heavy atom. The molecule has 0 aliphatic carbocycles. The van der Waals surface area contributed by atoms with Crippen LogP contribution in [0.5, 0.6) is 0 Å². The number of hydrogen-bond acceptors (Lipinski definition) is 2. The Morgan fingerprint density at radius 1 is 0.967 bits per heavy atom. The standard InChI is InChI=1S/C23H16F2IN3O/c24-20-9-6-17(11-21(20)25)16-4-7-19(8-5-16)29-14-27-13-22(29)23(30)28-12-15-2-1-3-18(26)10-15/h1-11,13-14H,12H2,(H,28,30). The molecule has 0 spiro atoms. The minimum Gasteiger partial charge on any atom is -0.347 e. The molecule has 3 aromatic carbocycles. The molecule has 7 heteroatoms. The molecule has 0 saturated carbocycles. The van der Waals surface area contributed by atoms with Gasteiger partial charge < -0.3 is 5.32 Å². The van der Waals surface area contributed by atoms with E-state index < -0.39 is 11.6 Å². The second-order valence-corrected chi connectivity index (χ2v) is 7.88. The third-order valence-electron chi connectivity index (χ3n) is 4.61. The number of amides is 1. The van der Waals surface area contributed by atoms with Crippen molar-refractivity contribution in [1.82, 2.24) is 14.9 Å². The first-order chi connectivity index (χ1) is 14.5. The minimum absolute atomic E-state index is 0.240. The molecule has 4 nitrogen and oxygen atoms in total. The molecule has 0 atom stereocenters. The lowest BCUT2D eigenvalue weighted by Gasteiger charge is -2.10. The Morgan fingerprint density at radius 2 is 1.73 bits per heavy atom. The van der Waals surface area contributed by atoms with E-state index in [0.717, 1.165) is 32.5 Å². The first kappa shape index (κ1) is 20.2. The lowest BCUT2D eigenvalue weighted by Crippen LogP contribution is -2.25. The highest BCUT2D eigenvalue weighted by atomic mass is 127. The van der Waals surface area contributed by atoms with Crippen LogP contribution in [0, 0.1) is 15.2 Å². The summed E-state index contributed by atoms with van der Waals surface area (Å²) in [5, 5.41) is 2.91. The fourth-order valence-corrected chi connectivity index (χ4v) is 3.69. The van der Waals surface area contributed by atoms with E-state index in [9.17, 15) is 13.6 Å².